The molecule has 1 aliphatic rings. The molecule has 0 atom stereocenters. The maximum atomic E-state index is 11.8. The first-order valence-electron chi connectivity index (χ1n) is 6.78. The van der Waals surface area contributed by atoms with Gasteiger partial charge in [0.05, 0.1) is 5.92 Å². The highest BCUT2D eigenvalue weighted by Gasteiger charge is 2.26. The van der Waals surface area contributed by atoms with Crippen LogP contribution in [-0.2, 0) is 16.1 Å². The summed E-state index contributed by atoms with van der Waals surface area (Å²) in [7, 11) is 0. The number of aliphatic carboxylic acids is 1. The third-order valence-corrected chi connectivity index (χ3v) is 3.70. The molecule has 104 valence electrons. The molecule has 2 N–H and O–H groups in total. The van der Waals surface area contributed by atoms with Crippen LogP contribution in [0.5, 0.6) is 0 Å². The molecular weight excluding hydrogens is 244 g/mol. The summed E-state index contributed by atoms with van der Waals surface area (Å²) in [4.78, 5) is 22.6. The Balaban J connectivity index is 1.67. The lowest BCUT2D eigenvalue weighted by Gasteiger charge is -2.26. The van der Waals surface area contributed by atoms with Gasteiger partial charge in [-0.05, 0) is 37.8 Å². The van der Waals surface area contributed by atoms with Crippen LogP contribution in [0.1, 0.15) is 32.1 Å². The Morgan fingerprint density at radius 3 is 2.37 bits per heavy atom. The Morgan fingerprint density at radius 1 is 1.16 bits per heavy atom. The SMILES string of the molecule is O=C(CCn1cccc1)NC1CCC(C(=O)O)CC1. The zero-order valence-electron chi connectivity index (χ0n) is 10.9. The van der Waals surface area contributed by atoms with E-state index in [0.717, 1.165) is 12.8 Å². The minimum Gasteiger partial charge on any atom is -0.481 e. The van der Waals surface area contributed by atoms with Gasteiger partial charge in [0.25, 0.3) is 0 Å². The fourth-order valence-electron chi connectivity index (χ4n) is 2.53. The molecule has 2 rings (SSSR count). The number of hydrogen-bond donors (Lipinski definition) is 2. The number of carboxylic acid groups (broad SMARTS) is 1. The average Bonchev–Trinajstić information content (AvgIpc) is 2.90. The van der Waals surface area contributed by atoms with E-state index >= 15 is 0 Å². The molecule has 1 aliphatic carbocycles. The minimum absolute atomic E-state index is 0.0486. The van der Waals surface area contributed by atoms with Crippen LogP contribution in [0.3, 0.4) is 0 Å². The molecule has 1 fully saturated rings. The van der Waals surface area contributed by atoms with Crippen LogP contribution in [0.15, 0.2) is 24.5 Å². The van der Waals surface area contributed by atoms with Gasteiger partial charge in [-0.2, -0.15) is 0 Å². The van der Waals surface area contributed by atoms with E-state index in [4.69, 9.17) is 5.11 Å². The number of carboxylic acids is 1. The highest BCUT2D eigenvalue weighted by molar-refractivity contribution is 5.76. The molecule has 0 aliphatic heterocycles. The zero-order chi connectivity index (χ0) is 13.7. The number of aryl methyl sites for hydroxylation is 1. The van der Waals surface area contributed by atoms with E-state index in [0.29, 0.717) is 25.8 Å². The molecule has 1 heterocycles. The Hall–Kier alpha value is -1.78. The van der Waals surface area contributed by atoms with Gasteiger partial charge in [-0.25, -0.2) is 0 Å². The number of carbonyl (C=O) groups is 2. The maximum absolute atomic E-state index is 11.8. The van der Waals surface area contributed by atoms with Gasteiger partial charge in [0.1, 0.15) is 0 Å². The monoisotopic (exact) mass is 264 g/mol. The van der Waals surface area contributed by atoms with Crippen molar-refractivity contribution in [1.29, 1.82) is 0 Å². The second-order valence-electron chi connectivity index (χ2n) is 5.13. The van der Waals surface area contributed by atoms with Crippen LogP contribution < -0.4 is 5.32 Å². The lowest BCUT2D eigenvalue weighted by atomic mass is 9.86. The standard InChI is InChI=1S/C14H20N2O3/c17-13(7-10-16-8-1-2-9-16)15-12-5-3-11(4-6-12)14(18)19/h1-2,8-9,11-12H,3-7,10H2,(H,15,17)(H,18,19). The average molecular weight is 264 g/mol. The Kier molecular flexibility index (Phi) is 4.60. The summed E-state index contributed by atoms with van der Waals surface area (Å²) in [6, 6.07) is 4.02. The van der Waals surface area contributed by atoms with Crippen molar-refractivity contribution in [3.8, 4) is 0 Å². The van der Waals surface area contributed by atoms with E-state index in [1.54, 1.807) is 0 Å². The summed E-state index contributed by atoms with van der Waals surface area (Å²) >= 11 is 0. The number of aromatic nitrogens is 1. The van der Waals surface area contributed by atoms with Gasteiger partial charge in [0, 0.05) is 31.4 Å². The summed E-state index contributed by atoms with van der Waals surface area (Å²) in [5.74, 6) is -0.891. The maximum Gasteiger partial charge on any atom is 0.306 e. The van der Waals surface area contributed by atoms with Crippen LogP contribution in [0.2, 0.25) is 0 Å². The van der Waals surface area contributed by atoms with E-state index in [-0.39, 0.29) is 17.9 Å². The molecule has 19 heavy (non-hydrogen) atoms. The molecule has 5 nitrogen and oxygen atoms in total. The lowest BCUT2D eigenvalue weighted by Crippen LogP contribution is -2.38. The van der Waals surface area contributed by atoms with Crippen molar-refractivity contribution in [2.24, 2.45) is 5.92 Å². The van der Waals surface area contributed by atoms with Gasteiger partial charge in [-0.1, -0.05) is 0 Å². The predicted octanol–water partition coefficient (Wildman–Crippen LogP) is 1.64. The van der Waals surface area contributed by atoms with Crippen molar-refractivity contribution in [2.75, 3.05) is 0 Å². The van der Waals surface area contributed by atoms with Gasteiger partial charge in [-0.15, -0.1) is 0 Å². The molecule has 0 saturated heterocycles. The van der Waals surface area contributed by atoms with Crippen molar-refractivity contribution < 1.29 is 14.7 Å². The van der Waals surface area contributed by atoms with Gasteiger partial charge < -0.3 is 15.0 Å². The third-order valence-electron chi connectivity index (χ3n) is 3.70. The fraction of sp³-hybridized carbons (Fsp3) is 0.571. The number of hydrogen-bond acceptors (Lipinski definition) is 2. The van der Waals surface area contributed by atoms with Crippen LogP contribution in [0, 0.1) is 5.92 Å². The molecule has 1 amide bonds. The number of rotatable bonds is 5. The number of nitrogens with one attached hydrogen (secondary N) is 1. The highest BCUT2D eigenvalue weighted by atomic mass is 16.4. The first kappa shape index (κ1) is 13.6. The van der Waals surface area contributed by atoms with E-state index in [1.165, 1.54) is 0 Å². The van der Waals surface area contributed by atoms with E-state index in [9.17, 15) is 9.59 Å². The normalized spacial score (nSPS) is 22.9. The first-order valence-corrected chi connectivity index (χ1v) is 6.78. The number of carbonyl (C=O) groups excluding carboxylic acids is 1. The number of nitrogens with zero attached hydrogens (tertiary/aromatic N) is 1. The molecular formula is C14H20N2O3. The second kappa shape index (κ2) is 6.41. The van der Waals surface area contributed by atoms with Crippen LogP contribution >= 0.6 is 0 Å². The van der Waals surface area contributed by atoms with Crippen molar-refractivity contribution in [3.05, 3.63) is 24.5 Å². The molecule has 1 aromatic rings. The number of amides is 1. The van der Waals surface area contributed by atoms with E-state index < -0.39 is 5.97 Å². The van der Waals surface area contributed by atoms with Crippen LogP contribution in [-0.4, -0.2) is 27.6 Å². The third kappa shape index (κ3) is 4.12. The van der Waals surface area contributed by atoms with Gasteiger partial charge in [0.15, 0.2) is 0 Å². The summed E-state index contributed by atoms with van der Waals surface area (Å²) in [5, 5.41) is 11.9. The van der Waals surface area contributed by atoms with Gasteiger partial charge in [-0.3, -0.25) is 9.59 Å². The van der Waals surface area contributed by atoms with Crippen LogP contribution in [0.4, 0.5) is 0 Å². The molecule has 1 aromatic heterocycles. The molecule has 0 radical (unpaired) electrons. The topological polar surface area (TPSA) is 71.3 Å². The van der Waals surface area contributed by atoms with Gasteiger partial charge in [0.2, 0.25) is 5.91 Å². The Labute approximate surface area is 112 Å². The largest absolute Gasteiger partial charge is 0.481 e. The second-order valence-corrected chi connectivity index (χ2v) is 5.13. The molecule has 0 unspecified atom stereocenters. The molecule has 5 heteroatoms. The Morgan fingerprint density at radius 2 is 1.79 bits per heavy atom. The van der Waals surface area contributed by atoms with E-state index in [2.05, 4.69) is 5.32 Å². The van der Waals surface area contributed by atoms with Crippen molar-refractivity contribution in [2.45, 2.75) is 44.7 Å². The molecule has 1 saturated carbocycles. The summed E-state index contributed by atoms with van der Waals surface area (Å²) in [6.45, 7) is 0.684. The zero-order valence-corrected chi connectivity index (χ0v) is 10.9. The quantitative estimate of drug-likeness (QED) is 0.849. The van der Waals surface area contributed by atoms with Crippen molar-refractivity contribution >= 4 is 11.9 Å². The minimum atomic E-state index is -0.711. The van der Waals surface area contributed by atoms with Crippen LogP contribution in [0.25, 0.3) is 0 Å². The molecule has 0 bridgehead atoms. The molecule has 0 aromatic carbocycles. The molecule has 0 spiro atoms. The first-order chi connectivity index (χ1) is 9.15. The van der Waals surface area contributed by atoms with E-state index in [1.807, 2.05) is 29.1 Å². The fourth-order valence-corrected chi connectivity index (χ4v) is 2.53. The lowest BCUT2D eigenvalue weighted by molar-refractivity contribution is -0.142. The Bertz CT molecular complexity index is 420. The predicted molar refractivity (Wildman–Crippen MR) is 70.6 cm³/mol. The van der Waals surface area contributed by atoms with Crippen molar-refractivity contribution in [1.82, 2.24) is 9.88 Å². The summed E-state index contributed by atoms with van der Waals surface area (Å²) < 4.78 is 1.97. The smallest absolute Gasteiger partial charge is 0.306 e. The van der Waals surface area contributed by atoms with Crippen molar-refractivity contribution in [3.63, 3.8) is 0 Å². The highest BCUT2D eigenvalue weighted by Crippen LogP contribution is 2.24. The summed E-state index contributed by atoms with van der Waals surface area (Å²) in [6.07, 6.45) is 7.21. The van der Waals surface area contributed by atoms with Gasteiger partial charge >= 0.3 is 5.97 Å². The summed E-state index contributed by atoms with van der Waals surface area (Å²) in [5.41, 5.74) is 0.